The summed E-state index contributed by atoms with van der Waals surface area (Å²) >= 11 is 0. The van der Waals surface area contributed by atoms with Crippen LogP contribution in [0.2, 0.25) is 0 Å². The van der Waals surface area contributed by atoms with E-state index < -0.39 is 0 Å². The Hall–Kier alpha value is -1.06. The molecule has 1 fully saturated rings. The van der Waals surface area contributed by atoms with Crippen molar-refractivity contribution < 1.29 is 9.47 Å². The Kier molecular flexibility index (Phi) is 4.25. The zero-order chi connectivity index (χ0) is 13.1. The summed E-state index contributed by atoms with van der Waals surface area (Å²) in [4.78, 5) is 0. The molecule has 1 saturated heterocycles. The molecule has 1 heterocycles. The minimum atomic E-state index is 0.0763. The molecule has 1 aliphatic heterocycles. The molecule has 0 aromatic heterocycles. The number of hydrogen-bond acceptors (Lipinski definition) is 3. The summed E-state index contributed by atoms with van der Waals surface area (Å²) in [5, 5.41) is 3.45. The third kappa shape index (κ3) is 2.68. The Morgan fingerprint density at radius 3 is 2.78 bits per heavy atom. The highest BCUT2D eigenvalue weighted by atomic mass is 16.5. The van der Waals surface area contributed by atoms with Crippen molar-refractivity contribution in [2.45, 2.75) is 38.8 Å². The van der Waals surface area contributed by atoms with Crippen molar-refractivity contribution in [2.24, 2.45) is 0 Å². The molecule has 1 aromatic rings. The minimum Gasteiger partial charge on any atom is -0.496 e. The fourth-order valence-electron chi connectivity index (χ4n) is 2.42. The molecule has 1 aromatic carbocycles. The van der Waals surface area contributed by atoms with Crippen LogP contribution in [-0.2, 0) is 4.74 Å². The average Bonchev–Trinajstić information content (AvgIpc) is 2.38. The first kappa shape index (κ1) is 13.4. The van der Waals surface area contributed by atoms with Crippen LogP contribution >= 0.6 is 0 Å². The lowest BCUT2D eigenvalue weighted by Crippen LogP contribution is -2.41. The SMILES string of the molecule is COc1ccc(C(C)C)cc1C1OCCNC1C. The van der Waals surface area contributed by atoms with Crippen LogP contribution in [0.3, 0.4) is 0 Å². The lowest BCUT2D eigenvalue weighted by atomic mass is 9.95. The number of rotatable bonds is 3. The summed E-state index contributed by atoms with van der Waals surface area (Å²) in [5.41, 5.74) is 2.48. The van der Waals surface area contributed by atoms with E-state index in [0.717, 1.165) is 24.5 Å². The molecule has 0 spiro atoms. The van der Waals surface area contributed by atoms with Crippen molar-refractivity contribution in [3.63, 3.8) is 0 Å². The van der Waals surface area contributed by atoms with Gasteiger partial charge in [-0.3, -0.25) is 0 Å². The van der Waals surface area contributed by atoms with E-state index in [0.29, 0.717) is 12.0 Å². The lowest BCUT2D eigenvalue weighted by Gasteiger charge is -2.32. The van der Waals surface area contributed by atoms with E-state index in [1.807, 2.05) is 0 Å². The Morgan fingerprint density at radius 2 is 2.17 bits per heavy atom. The largest absolute Gasteiger partial charge is 0.496 e. The molecule has 2 atom stereocenters. The van der Waals surface area contributed by atoms with Gasteiger partial charge in [0.05, 0.1) is 13.7 Å². The topological polar surface area (TPSA) is 30.5 Å². The summed E-state index contributed by atoms with van der Waals surface area (Å²) in [6.07, 6.45) is 0.0763. The van der Waals surface area contributed by atoms with Crippen LogP contribution in [0, 0.1) is 0 Å². The molecule has 18 heavy (non-hydrogen) atoms. The maximum absolute atomic E-state index is 5.91. The highest BCUT2D eigenvalue weighted by Gasteiger charge is 2.26. The third-order valence-corrected chi connectivity index (χ3v) is 3.55. The summed E-state index contributed by atoms with van der Waals surface area (Å²) in [7, 11) is 1.72. The molecular weight excluding hydrogens is 226 g/mol. The standard InChI is InChI=1S/C15H23NO2/c1-10(2)12-5-6-14(17-4)13(9-12)15-11(3)16-7-8-18-15/h5-6,9-11,15-16H,7-8H2,1-4H3. The van der Waals surface area contributed by atoms with Crippen molar-refractivity contribution in [3.05, 3.63) is 29.3 Å². The van der Waals surface area contributed by atoms with Crippen molar-refractivity contribution >= 4 is 0 Å². The first-order valence-corrected chi connectivity index (χ1v) is 6.66. The fraction of sp³-hybridized carbons (Fsp3) is 0.600. The molecule has 2 rings (SSSR count). The van der Waals surface area contributed by atoms with Crippen molar-refractivity contribution in [3.8, 4) is 5.75 Å². The monoisotopic (exact) mass is 249 g/mol. The van der Waals surface area contributed by atoms with Gasteiger partial charge in [0.1, 0.15) is 11.9 Å². The smallest absolute Gasteiger partial charge is 0.124 e. The van der Waals surface area contributed by atoms with E-state index in [2.05, 4.69) is 44.3 Å². The molecular formula is C15H23NO2. The van der Waals surface area contributed by atoms with Crippen molar-refractivity contribution in [1.29, 1.82) is 0 Å². The minimum absolute atomic E-state index is 0.0763. The summed E-state index contributed by atoms with van der Waals surface area (Å²) in [6.45, 7) is 8.24. The molecule has 0 saturated carbocycles. The maximum atomic E-state index is 5.91. The number of ether oxygens (including phenoxy) is 2. The number of hydrogen-bond donors (Lipinski definition) is 1. The highest BCUT2D eigenvalue weighted by Crippen LogP contribution is 2.33. The van der Waals surface area contributed by atoms with Gasteiger partial charge in [-0.1, -0.05) is 19.9 Å². The second kappa shape index (κ2) is 5.72. The van der Waals surface area contributed by atoms with E-state index in [9.17, 15) is 0 Å². The Morgan fingerprint density at radius 1 is 1.39 bits per heavy atom. The molecule has 0 amide bonds. The zero-order valence-corrected chi connectivity index (χ0v) is 11.7. The van der Waals surface area contributed by atoms with Crippen LogP contribution in [0.1, 0.15) is 43.9 Å². The summed E-state index contributed by atoms with van der Waals surface area (Å²) in [5.74, 6) is 1.43. The molecule has 0 radical (unpaired) electrons. The first-order valence-electron chi connectivity index (χ1n) is 6.66. The molecule has 0 bridgehead atoms. The van der Waals surface area contributed by atoms with Gasteiger partial charge in [-0.15, -0.1) is 0 Å². The molecule has 3 nitrogen and oxygen atoms in total. The molecule has 1 N–H and O–H groups in total. The van der Waals surface area contributed by atoms with Crippen LogP contribution in [0.15, 0.2) is 18.2 Å². The Balaban J connectivity index is 2.36. The van der Waals surface area contributed by atoms with Crippen LogP contribution in [0.25, 0.3) is 0 Å². The van der Waals surface area contributed by atoms with Gasteiger partial charge in [0.25, 0.3) is 0 Å². The van der Waals surface area contributed by atoms with Crippen LogP contribution in [0.5, 0.6) is 5.75 Å². The zero-order valence-electron chi connectivity index (χ0n) is 11.7. The Bertz CT molecular complexity index is 403. The van der Waals surface area contributed by atoms with E-state index in [1.165, 1.54) is 5.56 Å². The van der Waals surface area contributed by atoms with Crippen molar-refractivity contribution in [1.82, 2.24) is 5.32 Å². The van der Waals surface area contributed by atoms with E-state index in [1.54, 1.807) is 7.11 Å². The van der Waals surface area contributed by atoms with Crippen LogP contribution in [0.4, 0.5) is 0 Å². The summed E-state index contributed by atoms with van der Waals surface area (Å²) < 4.78 is 11.4. The van der Waals surface area contributed by atoms with E-state index in [4.69, 9.17) is 9.47 Å². The summed E-state index contributed by atoms with van der Waals surface area (Å²) in [6, 6.07) is 6.72. The van der Waals surface area contributed by atoms with Gasteiger partial charge in [0.2, 0.25) is 0 Å². The number of nitrogens with one attached hydrogen (secondary N) is 1. The van der Waals surface area contributed by atoms with Gasteiger partial charge in [0.15, 0.2) is 0 Å². The number of morpholine rings is 1. The van der Waals surface area contributed by atoms with Gasteiger partial charge in [0, 0.05) is 18.2 Å². The second-order valence-corrected chi connectivity index (χ2v) is 5.19. The first-order chi connectivity index (χ1) is 8.63. The normalized spacial score (nSPS) is 24.3. The lowest BCUT2D eigenvalue weighted by molar-refractivity contribution is -0.00155. The van der Waals surface area contributed by atoms with Gasteiger partial charge in [-0.2, -0.15) is 0 Å². The average molecular weight is 249 g/mol. The highest BCUT2D eigenvalue weighted by molar-refractivity contribution is 5.40. The maximum Gasteiger partial charge on any atom is 0.124 e. The second-order valence-electron chi connectivity index (χ2n) is 5.19. The van der Waals surface area contributed by atoms with Gasteiger partial charge < -0.3 is 14.8 Å². The number of benzene rings is 1. The predicted octanol–water partition coefficient (Wildman–Crippen LogP) is 2.87. The van der Waals surface area contributed by atoms with E-state index >= 15 is 0 Å². The molecule has 1 aliphatic rings. The number of methoxy groups -OCH3 is 1. The van der Waals surface area contributed by atoms with Crippen molar-refractivity contribution in [2.75, 3.05) is 20.3 Å². The van der Waals surface area contributed by atoms with E-state index in [-0.39, 0.29) is 6.10 Å². The fourth-order valence-corrected chi connectivity index (χ4v) is 2.42. The third-order valence-electron chi connectivity index (χ3n) is 3.55. The van der Waals surface area contributed by atoms with Gasteiger partial charge >= 0.3 is 0 Å². The van der Waals surface area contributed by atoms with Gasteiger partial charge in [-0.05, 0) is 30.5 Å². The van der Waals surface area contributed by atoms with Gasteiger partial charge in [-0.25, -0.2) is 0 Å². The molecule has 100 valence electrons. The van der Waals surface area contributed by atoms with Crippen LogP contribution < -0.4 is 10.1 Å². The molecule has 3 heteroatoms. The predicted molar refractivity (Wildman–Crippen MR) is 73.2 cm³/mol. The quantitative estimate of drug-likeness (QED) is 0.893. The Labute approximate surface area is 109 Å². The molecule has 0 aliphatic carbocycles. The van der Waals surface area contributed by atoms with Crippen LogP contribution in [-0.4, -0.2) is 26.3 Å². The molecule has 2 unspecified atom stereocenters.